The minimum Gasteiger partial charge on any atom is -0.382 e. The van der Waals surface area contributed by atoms with Crippen LogP contribution >= 0.6 is 0 Å². The lowest BCUT2D eigenvalue weighted by molar-refractivity contribution is -0.119. The van der Waals surface area contributed by atoms with Crippen molar-refractivity contribution in [3.8, 4) is 0 Å². The molecule has 0 N–H and O–H groups in total. The van der Waals surface area contributed by atoms with Crippen molar-refractivity contribution in [3.05, 3.63) is 35.1 Å². The molecule has 0 atom stereocenters. The van der Waals surface area contributed by atoms with Crippen molar-refractivity contribution in [3.63, 3.8) is 0 Å². The van der Waals surface area contributed by atoms with Crippen molar-refractivity contribution in [2.24, 2.45) is 0 Å². The average Bonchev–Trinajstić information content (AvgIpc) is 2.33. The summed E-state index contributed by atoms with van der Waals surface area (Å²) in [5.74, 6) is -0.249. The van der Waals surface area contributed by atoms with Gasteiger partial charge >= 0.3 is 0 Å². The third-order valence-corrected chi connectivity index (χ3v) is 2.66. The van der Waals surface area contributed by atoms with E-state index in [2.05, 4.69) is 0 Å². The fourth-order valence-electron chi connectivity index (χ4n) is 1.56. The van der Waals surface area contributed by atoms with Crippen molar-refractivity contribution in [1.29, 1.82) is 0 Å². The molecule has 18 heavy (non-hydrogen) atoms. The van der Waals surface area contributed by atoms with Gasteiger partial charge in [-0.15, -0.1) is 0 Å². The fraction of sp³-hybridized carbons (Fsp3) is 0.500. The van der Waals surface area contributed by atoms with Crippen LogP contribution in [0.4, 0.5) is 4.39 Å². The fourth-order valence-corrected chi connectivity index (χ4v) is 1.56. The molecule has 1 aromatic rings. The number of aryl methyl sites for hydroxylation is 1. The number of hydrogen-bond acceptors (Lipinski definition) is 3. The van der Waals surface area contributed by atoms with Gasteiger partial charge in [-0.25, -0.2) is 4.39 Å². The molecule has 0 saturated carbocycles. The lowest BCUT2D eigenvalue weighted by Crippen LogP contribution is -2.10. The molecule has 0 fully saturated rings. The molecule has 0 radical (unpaired) electrons. The Morgan fingerprint density at radius 3 is 2.78 bits per heavy atom. The largest absolute Gasteiger partial charge is 0.382 e. The van der Waals surface area contributed by atoms with Gasteiger partial charge < -0.3 is 9.47 Å². The van der Waals surface area contributed by atoms with Gasteiger partial charge in [-0.2, -0.15) is 0 Å². The predicted molar refractivity (Wildman–Crippen MR) is 67.2 cm³/mol. The summed E-state index contributed by atoms with van der Waals surface area (Å²) in [6.45, 7) is 3.27. The summed E-state index contributed by atoms with van der Waals surface area (Å²) in [7, 11) is 1.60. The second-order valence-corrected chi connectivity index (χ2v) is 4.14. The number of carbonyl (C=O) groups excluding carboxylic acids is 1. The zero-order valence-corrected chi connectivity index (χ0v) is 10.9. The molecule has 0 bridgehead atoms. The van der Waals surface area contributed by atoms with Crippen LogP contribution in [0.2, 0.25) is 0 Å². The lowest BCUT2D eigenvalue weighted by Gasteiger charge is -2.06. The Bertz CT molecular complexity index is 391. The van der Waals surface area contributed by atoms with Crippen molar-refractivity contribution < 1.29 is 18.7 Å². The van der Waals surface area contributed by atoms with Gasteiger partial charge in [0.1, 0.15) is 11.6 Å². The Morgan fingerprint density at radius 1 is 1.28 bits per heavy atom. The van der Waals surface area contributed by atoms with E-state index < -0.39 is 0 Å². The summed E-state index contributed by atoms with van der Waals surface area (Å²) in [6, 6.07) is 4.50. The van der Waals surface area contributed by atoms with Gasteiger partial charge in [-0.3, -0.25) is 4.79 Å². The Kier molecular flexibility index (Phi) is 6.54. The van der Waals surface area contributed by atoms with Gasteiger partial charge in [-0.1, -0.05) is 6.07 Å². The van der Waals surface area contributed by atoms with E-state index in [4.69, 9.17) is 9.47 Å². The zero-order chi connectivity index (χ0) is 13.4. The van der Waals surface area contributed by atoms with Gasteiger partial charge in [0.05, 0.1) is 19.8 Å². The van der Waals surface area contributed by atoms with Crippen molar-refractivity contribution in [2.45, 2.75) is 19.8 Å². The van der Waals surface area contributed by atoms with E-state index in [1.165, 1.54) is 12.1 Å². The van der Waals surface area contributed by atoms with Crippen LogP contribution in [0.5, 0.6) is 0 Å². The van der Waals surface area contributed by atoms with E-state index in [0.29, 0.717) is 26.2 Å². The third kappa shape index (κ3) is 5.38. The van der Waals surface area contributed by atoms with Gasteiger partial charge in [0.25, 0.3) is 0 Å². The van der Waals surface area contributed by atoms with Gasteiger partial charge in [-0.05, 0) is 30.2 Å². The highest BCUT2D eigenvalue weighted by Gasteiger charge is 2.07. The van der Waals surface area contributed by atoms with Gasteiger partial charge in [0.15, 0.2) is 0 Å². The highest BCUT2D eigenvalue weighted by molar-refractivity contribution is 5.81. The number of carbonyl (C=O) groups is 1. The quantitative estimate of drug-likeness (QED) is 0.668. The Balaban J connectivity index is 2.33. The van der Waals surface area contributed by atoms with Crippen molar-refractivity contribution in [1.82, 2.24) is 0 Å². The van der Waals surface area contributed by atoms with E-state index in [1.54, 1.807) is 13.2 Å². The summed E-state index contributed by atoms with van der Waals surface area (Å²) < 4.78 is 23.1. The van der Waals surface area contributed by atoms with Crippen LogP contribution in [0.1, 0.15) is 17.5 Å². The Labute approximate surface area is 107 Å². The standard InChI is InChI=1S/C14H19FO3/c1-11-3-4-13(15)9-12(11)10-14(16)5-6-18-8-7-17-2/h3-4,9H,5-8,10H2,1-2H3. The molecule has 0 spiro atoms. The average molecular weight is 254 g/mol. The molecular weight excluding hydrogens is 235 g/mol. The van der Waals surface area contributed by atoms with Gasteiger partial charge in [0, 0.05) is 20.0 Å². The van der Waals surface area contributed by atoms with E-state index >= 15 is 0 Å². The van der Waals surface area contributed by atoms with Crippen molar-refractivity contribution >= 4 is 5.78 Å². The third-order valence-electron chi connectivity index (χ3n) is 2.66. The Hall–Kier alpha value is -1.26. The second kappa shape index (κ2) is 7.95. The smallest absolute Gasteiger partial charge is 0.139 e. The van der Waals surface area contributed by atoms with Crippen LogP contribution < -0.4 is 0 Å². The molecule has 0 amide bonds. The predicted octanol–water partition coefficient (Wildman–Crippen LogP) is 2.30. The zero-order valence-electron chi connectivity index (χ0n) is 10.9. The molecular formula is C14H19FO3. The van der Waals surface area contributed by atoms with Crippen LogP contribution in [-0.4, -0.2) is 32.7 Å². The topological polar surface area (TPSA) is 35.5 Å². The highest BCUT2D eigenvalue weighted by Crippen LogP contribution is 2.11. The van der Waals surface area contributed by atoms with Crippen LogP contribution in [0.3, 0.4) is 0 Å². The molecule has 0 aliphatic rings. The SMILES string of the molecule is COCCOCCC(=O)Cc1cc(F)ccc1C. The summed E-state index contributed by atoms with van der Waals surface area (Å²) in [4.78, 5) is 11.7. The minimum absolute atomic E-state index is 0.0566. The number of rotatable bonds is 8. The van der Waals surface area contributed by atoms with Crippen LogP contribution in [-0.2, 0) is 20.7 Å². The molecule has 1 rings (SSSR count). The van der Waals surface area contributed by atoms with E-state index in [9.17, 15) is 9.18 Å². The molecule has 4 heteroatoms. The van der Waals surface area contributed by atoms with Crippen LogP contribution in [0, 0.1) is 12.7 Å². The highest BCUT2D eigenvalue weighted by atomic mass is 19.1. The van der Waals surface area contributed by atoms with Gasteiger partial charge in [0.2, 0.25) is 0 Å². The minimum atomic E-state index is -0.306. The first-order chi connectivity index (χ1) is 8.63. The van der Waals surface area contributed by atoms with Crippen LogP contribution in [0.15, 0.2) is 18.2 Å². The number of halogens is 1. The van der Waals surface area contributed by atoms with Crippen molar-refractivity contribution in [2.75, 3.05) is 26.9 Å². The number of ketones is 1. The molecule has 0 heterocycles. The summed E-state index contributed by atoms with van der Waals surface area (Å²) in [5, 5.41) is 0. The molecule has 1 aromatic carbocycles. The molecule has 3 nitrogen and oxygen atoms in total. The summed E-state index contributed by atoms with van der Waals surface area (Å²) in [6.07, 6.45) is 0.608. The van der Waals surface area contributed by atoms with Crippen LogP contribution in [0.25, 0.3) is 0 Å². The first-order valence-electron chi connectivity index (χ1n) is 5.97. The maximum atomic E-state index is 13.0. The number of methoxy groups -OCH3 is 1. The molecule has 0 saturated heterocycles. The first-order valence-corrected chi connectivity index (χ1v) is 5.97. The number of Topliss-reactive ketones (excluding diaryl/α,β-unsaturated/α-hetero) is 1. The number of benzene rings is 1. The van der Waals surface area contributed by atoms with E-state index in [-0.39, 0.29) is 18.0 Å². The Morgan fingerprint density at radius 2 is 2.06 bits per heavy atom. The maximum Gasteiger partial charge on any atom is 0.139 e. The molecule has 0 aliphatic heterocycles. The lowest BCUT2D eigenvalue weighted by atomic mass is 10.0. The number of ether oxygens (including phenoxy) is 2. The summed E-state index contributed by atoms with van der Waals surface area (Å²) >= 11 is 0. The monoisotopic (exact) mass is 254 g/mol. The maximum absolute atomic E-state index is 13.0. The number of hydrogen-bond donors (Lipinski definition) is 0. The normalized spacial score (nSPS) is 10.6. The second-order valence-electron chi connectivity index (χ2n) is 4.14. The molecule has 100 valence electrons. The first kappa shape index (κ1) is 14.8. The molecule has 0 unspecified atom stereocenters. The summed E-state index contributed by atoms with van der Waals surface area (Å²) in [5.41, 5.74) is 1.68. The van der Waals surface area contributed by atoms with E-state index in [1.807, 2.05) is 6.92 Å². The molecule has 0 aromatic heterocycles. The van der Waals surface area contributed by atoms with E-state index in [0.717, 1.165) is 11.1 Å². The molecule has 0 aliphatic carbocycles.